The summed E-state index contributed by atoms with van der Waals surface area (Å²) < 4.78 is 0. The van der Waals surface area contributed by atoms with Crippen LogP contribution in [0.3, 0.4) is 0 Å². The summed E-state index contributed by atoms with van der Waals surface area (Å²) in [4.78, 5) is 19.0. The van der Waals surface area contributed by atoms with E-state index in [0.29, 0.717) is 6.42 Å². The van der Waals surface area contributed by atoms with E-state index in [9.17, 15) is 4.79 Å². The Bertz CT molecular complexity index is 735. The molecule has 0 unspecified atom stereocenters. The van der Waals surface area contributed by atoms with Crippen molar-refractivity contribution >= 4 is 17.5 Å². The second kappa shape index (κ2) is 8.37. The first-order valence-electron chi connectivity index (χ1n) is 9.95. The summed E-state index contributed by atoms with van der Waals surface area (Å²) in [6, 6.07) is 14.1. The molecule has 4 rings (SSSR count). The second-order valence-electron chi connectivity index (χ2n) is 7.33. The van der Waals surface area contributed by atoms with Crippen LogP contribution >= 0.6 is 0 Å². The van der Waals surface area contributed by atoms with E-state index in [-0.39, 0.29) is 5.91 Å². The third kappa shape index (κ3) is 4.38. The number of benzene rings is 1. The van der Waals surface area contributed by atoms with Crippen LogP contribution in [0.15, 0.2) is 42.5 Å². The van der Waals surface area contributed by atoms with E-state index in [4.69, 9.17) is 0 Å². The van der Waals surface area contributed by atoms with Crippen LogP contribution in [0.25, 0.3) is 0 Å². The smallest absolute Gasteiger partial charge is 0.227 e. The number of nitrogens with zero attached hydrogens (tertiary/aromatic N) is 5. The van der Waals surface area contributed by atoms with Gasteiger partial charge in [-0.05, 0) is 37.0 Å². The van der Waals surface area contributed by atoms with Crippen molar-refractivity contribution < 1.29 is 4.79 Å². The third-order valence-corrected chi connectivity index (χ3v) is 5.47. The molecule has 2 aliphatic rings. The van der Waals surface area contributed by atoms with Crippen molar-refractivity contribution in [2.24, 2.45) is 0 Å². The molecule has 6 heteroatoms. The molecule has 6 nitrogen and oxygen atoms in total. The summed E-state index contributed by atoms with van der Waals surface area (Å²) in [5.74, 6) is 2.09. The molecule has 1 aromatic carbocycles. The van der Waals surface area contributed by atoms with Crippen molar-refractivity contribution in [2.45, 2.75) is 25.7 Å². The predicted molar refractivity (Wildman–Crippen MR) is 107 cm³/mol. The average molecular weight is 365 g/mol. The molecule has 0 radical (unpaired) electrons. The molecule has 27 heavy (non-hydrogen) atoms. The Labute approximate surface area is 160 Å². The fourth-order valence-corrected chi connectivity index (χ4v) is 3.85. The SMILES string of the molecule is O=C(Cc1ccccc1)N1CCN(c2ccc(N3CCCCC3)nn2)CC1. The molecule has 2 aromatic rings. The van der Waals surface area contributed by atoms with Gasteiger partial charge < -0.3 is 14.7 Å². The lowest BCUT2D eigenvalue weighted by Crippen LogP contribution is -2.49. The van der Waals surface area contributed by atoms with Gasteiger partial charge in [0, 0.05) is 39.3 Å². The zero-order valence-electron chi connectivity index (χ0n) is 15.8. The molecule has 0 saturated carbocycles. The van der Waals surface area contributed by atoms with Gasteiger partial charge in [0.2, 0.25) is 5.91 Å². The number of hydrogen-bond acceptors (Lipinski definition) is 5. The summed E-state index contributed by atoms with van der Waals surface area (Å²) >= 11 is 0. The molecule has 0 aliphatic carbocycles. The number of carbonyl (C=O) groups is 1. The normalized spacial score (nSPS) is 17.9. The van der Waals surface area contributed by atoms with Crippen LogP contribution in [0, 0.1) is 0 Å². The Kier molecular flexibility index (Phi) is 5.51. The minimum absolute atomic E-state index is 0.201. The summed E-state index contributed by atoms with van der Waals surface area (Å²) in [6.07, 6.45) is 4.27. The molecular formula is C21H27N5O. The first-order valence-corrected chi connectivity index (χ1v) is 9.95. The lowest BCUT2D eigenvalue weighted by molar-refractivity contribution is -0.130. The molecule has 1 amide bonds. The van der Waals surface area contributed by atoms with E-state index >= 15 is 0 Å². The Hall–Kier alpha value is -2.63. The molecule has 3 heterocycles. The first kappa shape index (κ1) is 17.8. The zero-order valence-corrected chi connectivity index (χ0v) is 15.8. The van der Waals surface area contributed by atoms with Crippen LogP contribution in [0.5, 0.6) is 0 Å². The maximum atomic E-state index is 12.5. The predicted octanol–water partition coefficient (Wildman–Crippen LogP) is 2.36. The number of amides is 1. The van der Waals surface area contributed by atoms with Crippen molar-refractivity contribution in [1.29, 1.82) is 0 Å². The standard InChI is InChI=1S/C21H27N5O/c27-21(17-18-7-3-1-4-8-18)26-15-13-25(14-16-26)20-10-9-19(22-23-20)24-11-5-2-6-12-24/h1,3-4,7-10H,2,5-6,11-17H2. The molecule has 142 valence electrons. The van der Waals surface area contributed by atoms with Crippen LogP contribution in [0.2, 0.25) is 0 Å². The summed E-state index contributed by atoms with van der Waals surface area (Å²) in [5.41, 5.74) is 1.07. The lowest BCUT2D eigenvalue weighted by atomic mass is 10.1. The zero-order chi connectivity index (χ0) is 18.5. The van der Waals surface area contributed by atoms with Gasteiger partial charge in [0.15, 0.2) is 11.6 Å². The van der Waals surface area contributed by atoms with Crippen LogP contribution in [0.4, 0.5) is 11.6 Å². The highest BCUT2D eigenvalue weighted by Crippen LogP contribution is 2.20. The number of piperazine rings is 1. The van der Waals surface area contributed by atoms with Crippen LogP contribution in [-0.2, 0) is 11.2 Å². The number of anilines is 2. The topological polar surface area (TPSA) is 52.6 Å². The molecule has 1 aromatic heterocycles. The number of piperidine rings is 1. The molecule has 0 spiro atoms. The van der Waals surface area contributed by atoms with Gasteiger partial charge in [-0.1, -0.05) is 30.3 Å². The van der Waals surface area contributed by atoms with Gasteiger partial charge in [-0.2, -0.15) is 0 Å². The fraction of sp³-hybridized carbons (Fsp3) is 0.476. The largest absolute Gasteiger partial charge is 0.355 e. The first-order chi connectivity index (χ1) is 13.3. The van der Waals surface area contributed by atoms with Gasteiger partial charge in [0.25, 0.3) is 0 Å². The molecule has 0 N–H and O–H groups in total. The van der Waals surface area contributed by atoms with Gasteiger partial charge >= 0.3 is 0 Å². The Morgan fingerprint density at radius 2 is 1.33 bits per heavy atom. The highest BCUT2D eigenvalue weighted by Gasteiger charge is 2.22. The van der Waals surface area contributed by atoms with Crippen molar-refractivity contribution in [3.8, 4) is 0 Å². The van der Waals surface area contributed by atoms with Crippen molar-refractivity contribution in [3.63, 3.8) is 0 Å². The number of aromatic nitrogens is 2. The second-order valence-corrected chi connectivity index (χ2v) is 7.33. The molecule has 0 bridgehead atoms. The fourth-order valence-electron chi connectivity index (χ4n) is 3.85. The van der Waals surface area contributed by atoms with Gasteiger partial charge in [-0.15, -0.1) is 10.2 Å². The van der Waals surface area contributed by atoms with Crippen LogP contribution < -0.4 is 9.80 Å². The van der Waals surface area contributed by atoms with Crippen molar-refractivity contribution in [1.82, 2.24) is 15.1 Å². The van der Waals surface area contributed by atoms with Crippen molar-refractivity contribution in [3.05, 3.63) is 48.0 Å². The molecule has 2 saturated heterocycles. The highest BCUT2D eigenvalue weighted by molar-refractivity contribution is 5.79. The van der Waals surface area contributed by atoms with Gasteiger partial charge in [0.05, 0.1) is 6.42 Å². The van der Waals surface area contributed by atoms with Gasteiger partial charge in [0.1, 0.15) is 0 Å². The maximum Gasteiger partial charge on any atom is 0.227 e. The quantitative estimate of drug-likeness (QED) is 0.833. The number of carbonyl (C=O) groups excluding carboxylic acids is 1. The van der Waals surface area contributed by atoms with E-state index in [1.54, 1.807) is 0 Å². The molecule has 2 fully saturated rings. The Balaban J connectivity index is 1.30. The van der Waals surface area contributed by atoms with Gasteiger partial charge in [-0.25, -0.2) is 0 Å². The monoisotopic (exact) mass is 365 g/mol. The third-order valence-electron chi connectivity index (χ3n) is 5.47. The molecule has 0 atom stereocenters. The summed E-state index contributed by atoms with van der Waals surface area (Å²) in [6.45, 7) is 5.24. The van der Waals surface area contributed by atoms with E-state index in [0.717, 1.165) is 56.5 Å². The van der Waals surface area contributed by atoms with Crippen molar-refractivity contribution in [2.75, 3.05) is 49.1 Å². The summed E-state index contributed by atoms with van der Waals surface area (Å²) in [7, 11) is 0. The molecular weight excluding hydrogens is 338 g/mol. The average Bonchev–Trinajstić information content (AvgIpc) is 2.75. The summed E-state index contributed by atoms with van der Waals surface area (Å²) in [5, 5.41) is 8.89. The van der Waals surface area contributed by atoms with E-state index < -0.39 is 0 Å². The number of rotatable bonds is 4. The minimum Gasteiger partial charge on any atom is -0.355 e. The Morgan fingerprint density at radius 3 is 1.93 bits per heavy atom. The van der Waals surface area contributed by atoms with Gasteiger partial charge in [-0.3, -0.25) is 4.79 Å². The van der Waals surface area contributed by atoms with E-state index in [2.05, 4.69) is 32.1 Å². The highest BCUT2D eigenvalue weighted by atomic mass is 16.2. The number of hydrogen-bond donors (Lipinski definition) is 0. The maximum absolute atomic E-state index is 12.5. The van der Waals surface area contributed by atoms with Crippen LogP contribution in [0.1, 0.15) is 24.8 Å². The molecule has 2 aliphatic heterocycles. The van der Waals surface area contributed by atoms with E-state index in [1.165, 1.54) is 19.3 Å². The Morgan fingerprint density at radius 1 is 0.741 bits per heavy atom. The minimum atomic E-state index is 0.201. The lowest BCUT2D eigenvalue weighted by Gasteiger charge is -2.35. The van der Waals surface area contributed by atoms with E-state index in [1.807, 2.05) is 35.2 Å². The van der Waals surface area contributed by atoms with Crippen LogP contribution in [-0.4, -0.2) is 60.3 Å².